The lowest BCUT2D eigenvalue weighted by Crippen LogP contribution is -1.91. The zero-order chi connectivity index (χ0) is 12.4. The van der Waals surface area contributed by atoms with E-state index < -0.39 is 0 Å². The molecule has 3 aromatic heterocycles. The van der Waals surface area contributed by atoms with Crippen molar-refractivity contribution in [3.05, 3.63) is 47.7 Å². The molecule has 0 amide bonds. The van der Waals surface area contributed by atoms with E-state index in [-0.39, 0.29) is 0 Å². The summed E-state index contributed by atoms with van der Waals surface area (Å²) in [5, 5.41) is 0.922. The van der Waals surface area contributed by atoms with E-state index in [4.69, 9.17) is 0 Å². The standard InChI is InChI=1S/C13H10N4S/c1-9-8-16-13(18-9)11-5-2-4-10(17-11)12-14-6-3-7-15-12/h2-8H,1H3. The first-order valence-electron chi connectivity index (χ1n) is 5.50. The summed E-state index contributed by atoms with van der Waals surface area (Å²) >= 11 is 1.63. The van der Waals surface area contributed by atoms with E-state index in [0.29, 0.717) is 5.82 Å². The molecule has 0 bridgehead atoms. The van der Waals surface area contributed by atoms with Crippen LogP contribution in [-0.2, 0) is 0 Å². The van der Waals surface area contributed by atoms with Gasteiger partial charge >= 0.3 is 0 Å². The van der Waals surface area contributed by atoms with Crippen molar-refractivity contribution in [1.29, 1.82) is 0 Å². The van der Waals surface area contributed by atoms with Gasteiger partial charge in [0.1, 0.15) is 10.7 Å². The molecule has 0 atom stereocenters. The van der Waals surface area contributed by atoms with E-state index in [2.05, 4.69) is 19.9 Å². The lowest BCUT2D eigenvalue weighted by atomic mass is 10.3. The molecule has 0 fully saturated rings. The van der Waals surface area contributed by atoms with Crippen LogP contribution in [0, 0.1) is 6.92 Å². The molecule has 0 aliphatic carbocycles. The van der Waals surface area contributed by atoms with Gasteiger partial charge in [0.25, 0.3) is 0 Å². The first-order valence-corrected chi connectivity index (χ1v) is 6.32. The van der Waals surface area contributed by atoms with Gasteiger partial charge in [-0.25, -0.2) is 19.9 Å². The monoisotopic (exact) mass is 254 g/mol. The van der Waals surface area contributed by atoms with Crippen molar-refractivity contribution in [2.45, 2.75) is 6.92 Å². The third-order valence-electron chi connectivity index (χ3n) is 2.38. The van der Waals surface area contributed by atoms with Gasteiger partial charge in [-0.3, -0.25) is 0 Å². The summed E-state index contributed by atoms with van der Waals surface area (Å²) in [5.74, 6) is 0.632. The Morgan fingerprint density at radius 2 is 1.72 bits per heavy atom. The van der Waals surface area contributed by atoms with Gasteiger partial charge in [-0.1, -0.05) is 6.07 Å². The van der Waals surface area contributed by atoms with E-state index in [1.807, 2.05) is 31.3 Å². The van der Waals surface area contributed by atoms with E-state index in [0.717, 1.165) is 16.4 Å². The van der Waals surface area contributed by atoms with Crippen molar-refractivity contribution >= 4 is 11.3 Å². The highest BCUT2D eigenvalue weighted by atomic mass is 32.1. The smallest absolute Gasteiger partial charge is 0.178 e. The van der Waals surface area contributed by atoms with Gasteiger partial charge in [-0.05, 0) is 25.1 Å². The van der Waals surface area contributed by atoms with Crippen LogP contribution in [0.4, 0.5) is 0 Å². The highest BCUT2D eigenvalue weighted by Crippen LogP contribution is 2.24. The minimum atomic E-state index is 0.632. The van der Waals surface area contributed by atoms with Crippen molar-refractivity contribution < 1.29 is 0 Å². The normalized spacial score (nSPS) is 10.5. The Morgan fingerprint density at radius 1 is 0.944 bits per heavy atom. The molecule has 0 saturated carbocycles. The maximum Gasteiger partial charge on any atom is 0.178 e. The summed E-state index contributed by atoms with van der Waals surface area (Å²) in [4.78, 5) is 18.5. The molecule has 0 aromatic carbocycles. The van der Waals surface area contributed by atoms with Crippen LogP contribution in [0.3, 0.4) is 0 Å². The van der Waals surface area contributed by atoms with Crippen LogP contribution < -0.4 is 0 Å². The summed E-state index contributed by atoms with van der Waals surface area (Å²) in [6.07, 6.45) is 5.28. The Labute approximate surface area is 108 Å². The first kappa shape index (κ1) is 11.0. The van der Waals surface area contributed by atoms with Crippen molar-refractivity contribution in [2.75, 3.05) is 0 Å². The third kappa shape index (κ3) is 2.12. The molecule has 0 unspecified atom stereocenters. The lowest BCUT2D eigenvalue weighted by molar-refractivity contribution is 1.14. The van der Waals surface area contributed by atoms with Gasteiger partial charge in [0.15, 0.2) is 5.82 Å². The fourth-order valence-corrected chi connectivity index (χ4v) is 2.32. The highest BCUT2D eigenvalue weighted by Gasteiger charge is 2.07. The fourth-order valence-electron chi connectivity index (χ4n) is 1.58. The maximum atomic E-state index is 4.55. The van der Waals surface area contributed by atoms with Gasteiger partial charge in [-0.2, -0.15) is 0 Å². The van der Waals surface area contributed by atoms with Crippen LogP contribution in [0.5, 0.6) is 0 Å². The molecule has 0 spiro atoms. The molecule has 0 aliphatic rings. The summed E-state index contributed by atoms with van der Waals surface area (Å²) in [5.41, 5.74) is 1.62. The molecule has 3 rings (SSSR count). The highest BCUT2D eigenvalue weighted by molar-refractivity contribution is 7.14. The van der Waals surface area contributed by atoms with Crippen LogP contribution in [0.25, 0.3) is 22.2 Å². The van der Waals surface area contributed by atoms with Gasteiger partial charge in [-0.15, -0.1) is 11.3 Å². The number of nitrogens with zero attached hydrogens (tertiary/aromatic N) is 4. The van der Waals surface area contributed by atoms with Gasteiger partial charge in [0, 0.05) is 23.5 Å². The molecule has 5 heteroatoms. The van der Waals surface area contributed by atoms with Gasteiger partial charge < -0.3 is 0 Å². The molecule has 3 aromatic rings. The average Bonchev–Trinajstić information content (AvgIpc) is 2.87. The average molecular weight is 254 g/mol. The van der Waals surface area contributed by atoms with Crippen LogP contribution in [0.15, 0.2) is 42.9 Å². The summed E-state index contributed by atoms with van der Waals surface area (Å²) in [7, 11) is 0. The van der Waals surface area contributed by atoms with Crippen LogP contribution >= 0.6 is 11.3 Å². The van der Waals surface area contributed by atoms with Crippen molar-refractivity contribution in [3.63, 3.8) is 0 Å². The molecule has 0 N–H and O–H groups in total. The van der Waals surface area contributed by atoms with Crippen LogP contribution in [-0.4, -0.2) is 19.9 Å². The SMILES string of the molecule is Cc1cnc(-c2cccc(-c3ncccn3)n2)s1. The fraction of sp³-hybridized carbons (Fsp3) is 0.0769. The molecule has 18 heavy (non-hydrogen) atoms. The van der Waals surface area contributed by atoms with E-state index >= 15 is 0 Å². The lowest BCUT2D eigenvalue weighted by Gasteiger charge is -2.00. The van der Waals surface area contributed by atoms with Crippen LogP contribution in [0.2, 0.25) is 0 Å². The van der Waals surface area contributed by atoms with Crippen molar-refractivity contribution in [2.24, 2.45) is 0 Å². The predicted molar refractivity (Wildman–Crippen MR) is 71.1 cm³/mol. The molecule has 88 valence electrons. The second-order valence-corrected chi connectivity index (χ2v) is 4.99. The van der Waals surface area contributed by atoms with E-state index in [1.165, 1.54) is 4.88 Å². The second kappa shape index (κ2) is 4.62. The van der Waals surface area contributed by atoms with Crippen molar-refractivity contribution in [1.82, 2.24) is 19.9 Å². The van der Waals surface area contributed by atoms with Crippen molar-refractivity contribution in [3.8, 4) is 22.2 Å². The number of hydrogen-bond donors (Lipinski definition) is 0. The van der Waals surface area contributed by atoms with E-state index in [1.54, 1.807) is 29.8 Å². The number of pyridine rings is 1. The zero-order valence-corrected chi connectivity index (χ0v) is 10.6. The minimum absolute atomic E-state index is 0.632. The minimum Gasteiger partial charge on any atom is -0.243 e. The summed E-state index contributed by atoms with van der Waals surface area (Å²) < 4.78 is 0. The summed E-state index contributed by atoms with van der Waals surface area (Å²) in [6.45, 7) is 2.03. The topological polar surface area (TPSA) is 51.6 Å². The molecular formula is C13H10N4S. The number of rotatable bonds is 2. The maximum absolute atomic E-state index is 4.55. The number of aromatic nitrogens is 4. The Kier molecular flexibility index (Phi) is 2.82. The largest absolute Gasteiger partial charge is 0.243 e. The summed E-state index contributed by atoms with van der Waals surface area (Å²) in [6, 6.07) is 7.59. The molecule has 3 heterocycles. The Bertz CT molecular complexity index is 664. The second-order valence-electron chi connectivity index (χ2n) is 3.76. The van der Waals surface area contributed by atoms with Gasteiger partial charge in [0.05, 0.1) is 5.69 Å². The van der Waals surface area contributed by atoms with Crippen LogP contribution in [0.1, 0.15) is 4.88 Å². The molecular weight excluding hydrogens is 244 g/mol. The molecule has 0 aliphatic heterocycles. The number of aryl methyl sites for hydroxylation is 1. The number of hydrogen-bond acceptors (Lipinski definition) is 5. The molecule has 0 radical (unpaired) electrons. The molecule has 0 saturated heterocycles. The Morgan fingerprint density at radius 3 is 2.44 bits per heavy atom. The first-order chi connectivity index (χ1) is 8.83. The van der Waals surface area contributed by atoms with Gasteiger partial charge in [0.2, 0.25) is 0 Å². The van der Waals surface area contributed by atoms with E-state index in [9.17, 15) is 0 Å². The number of thiazole rings is 1. The third-order valence-corrected chi connectivity index (χ3v) is 3.32. The predicted octanol–water partition coefficient (Wildman–Crippen LogP) is 2.97. The molecule has 4 nitrogen and oxygen atoms in total. The zero-order valence-electron chi connectivity index (χ0n) is 9.74. The quantitative estimate of drug-likeness (QED) is 0.705. The Hall–Kier alpha value is -2.14. The Balaban J connectivity index is 2.05.